The molecule has 242 valence electrons. The number of quaternary nitrogens is 1. The van der Waals surface area contributed by atoms with Crippen molar-refractivity contribution in [3.63, 3.8) is 0 Å². The van der Waals surface area contributed by atoms with Crippen molar-refractivity contribution in [2.75, 3.05) is 56.0 Å². The van der Waals surface area contributed by atoms with Crippen molar-refractivity contribution in [2.45, 2.75) is 111 Å². The molecular weight excluding hydrogens is 544 g/mol. The summed E-state index contributed by atoms with van der Waals surface area (Å²) in [5.41, 5.74) is 6.72. The number of hydrogen-bond acceptors (Lipinski definition) is 3. The minimum absolute atomic E-state index is 0.0197. The third-order valence-corrected chi connectivity index (χ3v) is 10.2. The average molecular weight is 604 g/mol. The summed E-state index contributed by atoms with van der Waals surface area (Å²) in [7, 11) is 0. The minimum atomic E-state index is -0.0197. The summed E-state index contributed by atoms with van der Waals surface area (Å²) < 4.78 is 0.920. The third-order valence-electron chi connectivity index (χ3n) is 10.2. The summed E-state index contributed by atoms with van der Waals surface area (Å²) in [6.07, 6.45) is 12.5. The zero-order valence-electron chi connectivity index (χ0n) is 28.4. The van der Waals surface area contributed by atoms with Gasteiger partial charge >= 0.3 is 0 Å². The highest BCUT2D eigenvalue weighted by Crippen LogP contribution is 2.29. The number of piperidine rings is 2. The Morgan fingerprint density at radius 2 is 1.50 bits per heavy atom. The molecule has 6 nitrogen and oxygen atoms in total. The summed E-state index contributed by atoms with van der Waals surface area (Å²) >= 11 is 0. The van der Waals surface area contributed by atoms with Crippen molar-refractivity contribution in [3.8, 4) is 0 Å². The summed E-state index contributed by atoms with van der Waals surface area (Å²) in [6, 6.07) is 12.5. The molecule has 2 fully saturated rings. The van der Waals surface area contributed by atoms with Crippen LogP contribution in [0.2, 0.25) is 0 Å². The van der Waals surface area contributed by atoms with E-state index in [2.05, 4.69) is 86.1 Å². The van der Waals surface area contributed by atoms with Gasteiger partial charge in [-0.25, -0.2) is 0 Å². The van der Waals surface area contributed by atoms with E-state index in [1.54, 1.807) is 0 Å². The van der Waals surface area contributed by atoms with Crippen LogP contribution in [0.25, 0.3) is 0 Å². The molecule has 2 aliphatic heterocycles. The number of nitrogens with zero attached hydrogens (tertiary/aromatic N) is 3. The fourth-order valence-corrected chi connectivity index (χ4v) is 7.68. The van der Waals surface area contributed by atoms with E-state index in [0.717, 1.165) is 111 Å². The molecule has 2 aromatic rings. The molecule has 1 N–H and O–H groups in total. The number of unbranched alkanes of at least 4 members (excludes halogenated alkanes) is 3. The molecule has 44 heavy (non-hydrogen) atoms. The van der Waals surface area contributed by atoms with Crippen LogP contribution in [-0.2, 0) is 9.59 Å². The Morgan fingerprint density at radius 3 is 2.16 bits per heavy atom. The number of anilines is 2. The molecule has 6 heteroatoms. The molecule has 4 rings (SSSR count). The van der Waals surface area contributed by atoms with Gasteiger partial charge in [-0.15, -0.1) is 0 Å². The number of hydrogen-bond donors (Lipinski definition) is 1. The summed E-state index contributed by atoms with van der Waals surface area (Å²) in [5, 5.41) is 3.25. The number of likely N-dealkylation sites (tertiary alicyclic amines) is 2. The van der Waals surface area contributed by atoms with E-state index in [1.165, 1.54) is 36.8 Å². The second-order valence-electron chi connectivity index (χ2n) is 13.7. The van der Waals surface area contributed by atoms with E-state index in [1.807, 2.05) is 0 Å². The first-order chi connectivity index (χ1) is 21.2. The first-order valence-electron chi connectivity index (χ1n) is 17.6. The molecule has 2 heterocycles. The van der Waals surface area contributed by atoms with E-state index in [9.17, 15) is 9.59 Å². The van der Waals surface area contributed by atoms with Crippen molar-refractivity contribution in [1.82, 2.24) is 4.90 Å². The topological polar surface area (TPSA) is 52.7 Å². The van der Waals surface area contributed by atoms with Gasteiger partial charge in [0.25, 0.3) is 5.91 Å². The molecule has 2 aromatic carbocycles. The number of aryl methyl sites for hydroxylation is 4. The van der Waals surface area contributed by atoms with Crippen LogP contribution in [0.5, 0.6) is 0 Å². The normalized spacial score (nSPS) is 18.6. The van der Waals surface area contributed by atoms with Gasteiger partial charge in [-0.3, -0.25) is 14.5 Å². The number of amides is 2. The third kappa shape index (κ3) is 8.94. The Bertz CT molecular complexity index is 1190. The Kier molecular flexibility index (Phi) is 12.9. The molecule has 1 atom stereocenters. The van der Waals surface area contributed by atoms with E-state index in [4.69, 9.17) is 0 Å². The Morgan fingerprint density at radius 1 is 0.841 bits per heavy atom. The van der Waals surface area contributed by atoms with Crippen molar-refractivity contribution >= 4 is 23.2 Å². The van der Waals surface area contributed by atoms with Crippen molar-refractivity contribution in [3.05, 3.63) is 58.7 Å². The number of benzene rings is 2. The molecule has 2 amide bonds. The monoisotopic (exact) mass is 603 g/mol. The van der Waals surface area contributed by atoms with Gasteiger partial charge in [-0.2, -0.15) is 0 Å². The van der Waals surface area contributed by atoms with Crippen LogP contribution in [0.1, 0.15) is 99.8 Å². The zero-order chi connectivity index (χ0) is 31.5. The number of nitrogens with one attached hydrogen (secondary N) is 1. The predicted molar refractivity (Wildman–Crippen MR) is 184 cm³/mol. The average Bonchev–Trinajstić information content (AvgIpc) is 3.01. The van der Waals surface area contributed by atoms with Gasteiger partial charge in [-0.1, -0.05) is 56.2 Å². The molecular formula is C38H59N4O2+. The van der Waals surface area contributed by atoms with Gasteiger partial charge in [-0.05, 0) is 121 Å². The molecule has 0 bridgehead atoms. The van der Waals surface area contributed by atoms with E-state index < -0.39 is 0 Å². The largest absolute Gasteiger partial charge is 0.321 e. The number of rotatable bonds is 14. The Labute approximate surface area is 267 Å². The second-order valence-corrected chi connectivity index (χ2v) is 13.7. The maximum absolute atomic E-state index is 14.2. The summed E-state index contributed by atoms with van der Waals surface area (Å²) in [4.78, 5) is 32.1. The molecule has 0 aliphatic carbocycles. The Balaban J connectivity index is 1.33. The van der Waals surface area contributed by atoms with Crippen molar-refractivity contribution in [1.29, 1.82) is 0 Å². The standard InChI is InChI=1S/C38H58N4O2/c1-6-7-25-41(37-32(4)20-17-21-33(37)5)38(44)34-22-10-12-24-40(34)23-11-8-13-26-42(27-14-9-15-28-42)29-35(43)39-36-30(2)18-16-19-31(36)3/h16-21,34H,6-15,22-29H2,1-5H3/p+1/t34-/m0/s1. The first kappa shape index (κ1) is 34.2. The number of carbonyl (C=O) groups is 2. The number of para-hydroxylation sites is 2. The maximum Gasteiger partial charge on any atom is 0.279 e. The lowest BCUT2D eigenvalue weighted by molar-refractivity contribution is -0.925. The highest BCUT2D eigenvalue weighted by atomic mass is 16.2. The lowest BCUT2D eigenvalue weighted by atomic mass is 9.98. The molecule has 2 saturated heterocycles. The molecule has 0 saturated carbocycles. The highest BCUT2D eigenvalue weighted by Gasteiger charge is 2.34. The van der Waals surface area contributed by atoms with Crippen LogP contribution in [0.15, 0.2) is 36.4 Å². The van der Waals surface area contributed by atoms with Crippen molar-refractivity contribution in [2.24, 2.45) is 0 Å². The van der Waals surface area contributed by atoms with Gasteiger partial charge in [0.2, 0.25) is 5.91 Å². The molecule has 0 unspecified atom stereocenters. The molecule has 2 aliphatic rings. The van der Waals surface area contributed by atoms with Crippen LogP contribution in [0.3, 0.4) is 0 Å². The van der Waals surface area contributed by atoms with E-state index in [-0.39, 0.29) is 11.9 Å². The summed E-state index contributed by atoms with van der Waals surface area (Å²) in [5.74, 6) is 0.443. The van der Waals surface area contributed by atoms with Gasteiger partial charge in [0.1, 0.15) is 0 Å². The van der Waals surface area contributed by atoms with Crippen LogP contribution in [0.4, 0.5) is 11.4 Å². The fraction of sp³-hybridized carbons (Fsp3) is 0.632. The quantitative estimate of drug-likeness (QED) is 0.178. The lowest BCUT2D eigenvalue weighted by Gasteiger charge is -2.41. The Hall–Kier alpha value is -2.70. The van der Waals surface area contributed by atoms with Crippen molar-refractivity contribution < 1.29 is 14.1 Å². The maximum atomic E-state index is 14.2. The highest BCUT2D eigenvalue weighted by molar-refractivity contribution is 5.98. The van der Waals surface area contributed by atoms with E-state index in [0.29, 0.717) is 12.5 Å². The summed E-state index contributed by atoms with van der Waals surface area (Å²) in [6.45, 7) is 17.3. The molecule has 0 radical (unpaired) electrons. The van der Waals surface area contributed by atoms with E-state index >= 15 is 0 Å². The van der Waals surface area contributed by atoms with Gasteiger partial charge in [0.05, 0.1) is 25.7 Å². The van der Waals surface area contributed by atoms with Gasteiger partial charge in [0, 0.05) is 17.9 Å². The SMILES string of the molecule is CCCCN(C(=O)[C@@H]1CCCCN1CCCCC[N+]1(CC(=O)Nc2c(C)cccc2C)CCCCC1)c1c(C)cccc1C. The van der Waals surface area contributed by atoms with Gasteiger partial charge in [0.15, 0.2) is 6.54 Å². The number of carbonyl (C=O) groups excluding carboxylic acids is 2. The predicted octanol–water partition coefficient (Wildman–Crippen LogP) is 7.72. The van der Waals surface area contributed by atoms with Crippen LogP contribution >= 0.6 is 0 Å². The lowest BCUT2D eigenvalue weighted by Crippen LogP contribution is -2.55. The van der Waals surface area contributed by atoms with Gasteiger partial charge < -0.3 is 14.7 Å². The minimum Gasteiger partial charge on any atom is -0.321 e. The molecule has 0 aromatic heterocycles. The van der Waals surface area contributed by atoms with Crippen LogP contribution in [0, 0.1) is 27.7 Å². The second kappa shape index (κ2) is 16.6. The zero-order valence-corrected chi connectivity index (χ0v) is 28.4. The fourth-order valence-electron chi connectivity index (χ4n) is 7.68. The van der Waals surface area contributed by atoms with Crippen LogP contribution < -0.4 is 10.2 Å². The smallest absolute Gasteiger partial charge is 0.279 e. The first-order valence-corrected chi connectivity index (χ1v) is 17.6. The molecule has 0 spiro atoms. The van der Waals surface area contributed by atoms with Crippen LogP contribution in [-0.4, -0.2) is 73.1 Å².